The number of aromatic nitrogens is 3. The number of H-pyrrole nitrogens is 1. The number of halogens is 2. The molecule has 7 heteroatoms. The van der Waals surface area contributed by atoms with Gasteiger partial charge >= 0.3 is 0 Å². The highest BCUT2D eigenvalue weighted by atomic mass is 35.5. The van der Waals surface area contributed by atoms with E-state index >= 15 is 0 Å². The molecule has 148 valence electrons. The number of rotatable bonds is 5. The van der Waals surface area contributed by atoms with Crippen LogP contribution in [0.3, 0.4) is 0 Å². The molecule has 4 rings (SSSR count). The summed E-state index contributed by atoms with van der Waals surface area (Å²) >= 11 is 5.87. The summed E-state index contributed by atoms with van der Waals surface area (Å²) in [6, 6.07) is 14.6. The van der Waals surface area contributed by atoms with Gasteiger partial charge in [-0.05, 0) is 41.3 Å². The molecule has 0 aliphatic heterocycles. The summed E-state index contributed by atoms with van der Waals surface area (Å²) in [6.07, 6.45) is 1.47. The van der Waals surface area contributed by atoms with Crippen LogP contribution < -0.4 is 11.1 Å². The Balaban J connectivity index is 1.66. The minimum absolute atomic E-state index is 0.0102. The number of benzene rings is 2. The van der Waals surface area contributed by atoms with Crippen molar-refractivity contribution in [1.82, 2.24) is 15.0 Å². The van der Waals surface area contributed by atoms with Gasteiger partial charge < -0.3 is 16.0 Å². The van der Waals surface area contributed by atoms with Crippen molar-refractivity contribution in [1.29, 1.82) is 0 Å². The molecule has 1 atom stereocenters. The zero-order chi connectivity index (χ0) is 20.5. The van der Waals surface area contributed by atoms with Crippen LogP contribution in [0.5, 0.6) is 0 Å². The highest BCUT2D eigenvalue weighted by Gasteiger charge is 2.13. The minimum Gasteiger partial charge on any atom is -0.340 e. The number of nitrogens with zero attached hydrogens (tertiary/aromatic N) is 2. The van der Waals surface area contributed by atoms with Gasteiger partial charge in [0.25, 0.3) is 0 Å². The summed E-state index contributed by atoms with van der Waals surface area (Å²) in [6.45, 7) is 4.22. The van der Waals surface area contributed by atoms with Crippen LogP contribution in [0.4, 0.5) is 15.9 Å². The van der Waals surface area contributed by atoms with Crippen LogP contribution in [-0.4, -0.2) is 15.0 Å². The summed E-state index contributed by atoms with van der Waals surface area (Å²) in [7, 11) is 0. The van der Waals surface area contributed by atoms with E-state index in [0.29, 0.717) is 23.1 Å². The maximum absolute atomic E-state index is 13.4. The van der Waals surface area contributed by atoms with E-state index in [1.54, 1.807) is 6.07 Å². The van der Waals surface area contributed by atoms with E-state index in [1.165, 1.54) is 18.5 Å². The van der Waals surface area contributed by atoms with Crippen molar-refractivity contribution in [3.05, 3.63) is 71.3 Å². The summed E-state index contributed by atoms with van der Waals surface area (Å²) in [5.41, 5.74) is 10.6. The largest absolute Gasteiger partial charge is 0.340 e. The molecule has 0 aliphatic carbocycles. The number of hydrogen-bond donors (Lipinski definition) is 3. The third kappa shape index (κ3) is 3.95. The summed E-state index contributed by atoms with van der Waals surface area (Å²) in [5.74, 6) is 0.519. The molecule has 0 spiro atoms. The first kappa shape index (κ1) is 19.4. The normalized spacial score (nSPS) is 12.5. The summed E-state index contributed by atoms with van der Waals surface area (Å²) in [5, 5.41) is 4.05. The average molecular weight is 410 g/mol. The van der Waals surface area contributed by atoms with E-state index in [9.17, 15) is 4.39 Å². The Morgan fingerprint density at radius 1 is 1.07 bits per heavy atom. The molecule has 4 N–H and O–H groups in total. The molecule has 2 aromatic heterocycles. The Labute approximate surface area is 173 Å². The SMILES string of the molecule is CC(C)C(N)c1ccc(-c2cc3c(Nc4ccc(F)c(Cl)c4)ncnc3[nH]2)cc1. The molecule has 0 fully saturated rings. The second kappa shape index (κ2) is 7.81. The Morgan fingerprint density at radius 3 is 2.52 bits per heavy atom. The number of anilines is 2. The zero-order valence-corrected chi connectivity index (χ0v) is 16.8. The quantitative estimate of drug-likeness (QED) is 0.388. The molecule has 5 nitrogen and oxygen atoms in total. The van der Waals surface area contributed by atoms with Gasteiger partial charge in [0.15, 0.2) is 0 Å². The van der Waals surface area contributed by atoms with Crippen molar-refractivity contribution < 1.29 is 4.39 Å². The third-order valence-corrected chi connectivity index (χ3v) is 5.22. The number of aromatic amines is 1. The monoisotopic (exact) mass is 409 g/mol. The van der Waals surface area contributed by atoms with E-state index < -0.39 is 5.82 Å². The number of fused-ring (bicyclic) bond motifs is 1. The molecule has 0 amide bonds. The lowest BCUT2D eigenvalue weighted by Crippen LogP contribution is -2.16. The second-order valence-corrected chi connectivity index (χ2v) is 7.72. The van der Waals surface area contributed by atoms with Crippen LogP contribution >= 0.6 is 11.6 Å². The summed E-state index contributed by atoms with van der Waals surface area (Å²) in [4.78, 5) is 12.0. The molecule has 29 heavy (non-hydrogen) atoms. The lowest BCUT2D eigenvalue weighted by Gasteiger charge is -2.16. The van der Waals surface area contributed by atoms with Crippen molar-refractivity contribution in [2.24, 2.45) is 11.7 Å². The molecule has 0 aliphatic rings. The predicted octanol–water partition coefficient (Wildman–Crippen LogP) is 5.82. The highest BCUT2D eigenvalue weighted by molar-refractivity contribution is 6.31. The first-order chi connectivity index (χ1) is 13.9. The van der Waals surface area contributed by atoms with Gasteiger partial charge in [0.05, 0.1) is 10.4 Å². The van der Waals surface area contributed by atoms with Crippen molar-refractivity contribution in [2.75, 3.05) is 5.32 Å². The standard InChI is InChI=1S/C22H21ClFN5/c1-12(2)20(25)14-5-3-13(4-6-14)19-10-16-21(26-11-27-22(16)29-19)28-15-7-8-18(24)17(23)9-15/h3-12,20H,25H2,1-2H3,(H2,26,27,28,29). The van der Waals surface area contributed by atoms with E-state index in [-0.39, 0.29) is 11.1 Å². The van der Waals surface area contributed by atoms with Crippen LogP contribution in [0.25, 0.3) is 22.3 Å². The molecule has 2 aromatic carbocycles. The first-order valence-electron chi connectivity index (χ1n) is 9.34. The fourth-order valence-corrected chi connectivity index (χ4v) is 3.36. The van der Waals surface area contributed by atoms with Crippen molar-refractivity contribution in [3.63, 3.8) is 0 Å². The Hall–Kier alpha value is -2.96. The van der Waals surface area contributed by atoms with Gasteiger partial charge in [0, 0.05) is 17.4 Å². The second-order valence-electron chi connectivity index (χ2n) is 7.31. The third-order valence-electron chi connectivity index (χ3n) is 4.93. The lowest BCUT2D eigenvalue weighted by atomic mass is 9.96. The lowest BCUT2D eigenvalue weighted by molar-refractivity contribution is 0.514. The maximum Gasteiger partial charge on any atom is 0.143 e. The minimum atomic E-state index is -0.463. The van der Waals surface area contributed by atoms with Gasteiger partial charge in [-0.2, -0.15) is 0 Å². The molecule has 1 unspecified atom stereocenters. The number of nitrogens with one attached hydrogen (secondary N) is 2. The zero-order valence-electron chi connectivity index (χ0n) is 16.1. The van der Waals surface area contributed by atoms with Crippen molar-refractivity contribution in [2.45, 2.75) is 19.9 Å². The van der Waals surface area contributed by atoms with Crippen LogP contribution in [0.1, 0.15) is 25.5 Å². The molecule has 0 saturated carbocycles. The van der Waals surface area contributed by atoms with Crippen LogP contribution in [-0.2, 0) is 0 Å². The van der Waals surface area contributed by atoms with E-state index in [0.717, 1.165) is 22.2 Å². The Bertz CT molecular complexity index is 1150. The van der Waals surface area contributed by atoms with Gasteiger partial charge in [-0.15, -0.1) is 0 Å². The first-order valence-corrected chi connectivity index (χ1v) is 9.72. The molecule has 0 radical (unpaired) electrons. The van der Waals surface area contributed by atoms with Gasteiger partial charge in [-0.3, -0.25) is 0 Å². The molecule has 2 heterocycles. The highest BCUT2D eigenvalue weighted by Crippen LogP contribution is 2.30. The van der Waals surface area contributed by atoms with E-state index in [1.807, 2.05) is 18.2 Å². The molecule has 0 bridgehead atoms. The van der Waals surface area contributed by atoms with Gasteiger partial charge in [0.2, 0.25) is 0 Å². The van der Waals surface area contributed by atoms with Crippen LogP contribution in [0, 0.1) is 11.7 Å². The topological polar surface area (TPSA) is 79.6 Å². The van der Waals surface area contributed by atoms with E-state index in [2.05, 4.69) is 46.2 Å². The van der Waals surface area contributed by atoms with Crippen LogP contribution in [0.2, 0.25) is 5.02 Å². The van der Waals surface area contributed by atoms with Crippen molar-refractivity contribution in [3.8, 4) is 11.3 Å². The average Bonchev–Trinajstić information content (AvgIpc) is 3.16. The molecular weight excluding hydrogens is 389 g/mol. The van der Waals surface area contributed by atoms with Gasteiger partial charge in [0.1, 0.15) is 23.6 Å². The maximum atomic E-state index is 13.4. The van der Waals surface area contributed by atoms with Gasteiger partial charge in [-0.1, -0.05) is 49.7 Å². The fourth-order valence-electron chi connectivity index (χ4n) is 3.18. The number of hydrogen-bond acceptors (Lipinski definition) is 4. The molecule has 0 saturated heterocycles. The predicted molar refractivity (Wildman–Crippen MR) is 116 cm³/mol. The smallest absolute Gasteiger partial charge is 0.143 e. The Kier molecular flexibility index (Phi) is 5.22. The Morgan fingerprint density at radius 2 is 1.83 bits per heavy atom. The van der Waals surface area contributed by atoms with Crippen LogP contribution in [0.15, 0.2) is 54.9 Å². The van der Waals surface area contributed by atoms with Crippen molar-refractivity contribution >= 4 is 34.1 Å². The fraction of sp³-hybridized carbons (Fsp3) is 0.182. The number of nitrogens with two attached hydrogens (primary N) is 1. The van der Waals surface area contributed by atoms with E-state index in [4.69, 9.17) is 17.3 Å². The summed E-state index contributed by atoms with van der Waals surface area (Å²) < 4.78 is 13.4. The molecular formula is C22H21ClFN5. The molecule has 4 aromatic rings. The van der Waals surface area contributed by atoms with Gasteiger partial charge in [-0.25, -0.2) is 14.4 Å².